The van der Waals surface area contributed by atoms with Crippen LogP contribution in [-0.2, 0) is 11.2 Å². The molecule has 0 aliphatic carbocycles. The van der Waals surface area contributed by atoms with E-state index in [-0.39, 0.29) is 36.8 Å². The van der Waals surface area contributed by atoms with Crippen molar-refractivity contribution in [2.45, 2.75) is 18.9 Å². The van der Waals surface area contributed by atoms with Crippen LogP contribution in [0.4, 0.5) is 5.69 Å². The van der Waals surface area contributed by atoms with Gasteiger partial charge in [-0.15, -0.1) is 24.8 Å². The van der Waals surface area contributed by atoms with Gasteiger partial charge < -0.3 is 15.1 Å². The van der Waals surface area contributed by atoms with Crippen molar-refractivity contribution in [3.63, 3.8) is 0 Å². The zero-order chi connectivity index (χ0) is 18.8. The third-order valence-electron chi connectivity index (χ3n) is 6.11. The Hall–Kier alpha value is -1.75. The van der Waals surface area contributed by atoms with Gasteiger partial charge in [0, 0.05) is 51.8 Å². The van der Waals surface area contributed by atoms with E-state index in [1.54, 1.807) is 0 Å². The molecule has 4 nitrogen and oxygen atoms in total. The fourth-order valence-electron chi connectivity index (χ4n) is 4.61. The molecule has 29 heavy (non-hydrogen) atoms. The van der Waals surface area contributed by atoms with Crippen LogP contribution in [0.15, 0.2) is 54.6 Å². The van der Waals surface area contributed by atoms with Crippen LogP contribution >= 0.6 is 24.8 Å². The van der Waals surface area contributed by atoms with Gasteiger partial charge in [0.05, 0.1) is 6.04 Å². The number of carbonyl (C=O) groups is 1. The minimum atomic E-state index is 0. The van der Waals surface area contributed by atoms with Crippen LogP contribution in [0.5, 0.6) is 0 Å². The van der Waals surface area contributed by atoms with Gasteiger partial charge in [-0.3, -0.25) is 4.79 Å². The molecular weight excluding hydrogens is 405 g/mol. The molecular formula is C23H31Cl2N3O. The van der Waals surface area contributed by atoms with E-state index in [1.165, 1.54) is 16.8 Å². The van der Waals surface area contributed by atoms with Crippen molar-refractivity contribution in [2.24, 2.45) is 11.8 Å². The molecule has 2 saturated heterocycles. The van der Waals surface area contributed by atoms with Crippen LogP contribution in [0.1, 0.15) is 23.6 Å². The number of likely N-dealkylation sites (tertiary alicyclic amines) is 1. The number of aryl methyl sites for hydroxylation is 1. The lowest BCUT2D eigenvalue weighted by Crippen LogP contribution is -2.34. The first-order chi connectivity index (χ1) is 13.1. The summed E-state index contributed by atoms with van der Waals surface area (Å²) in [7, 11) is 4.09. The second kappa shape index (κ2) is 10.3. The van der Waals surface area contributed by atoms with Crippen molar-refractivity contribution >= 4 is 36.4 Å². The lowest BCUT2D eigenvalue weighted by atomic mass is 9.89. The Morgan fingerprint density at radius 2 is 1.72 bits per heavy atom. The number of nitrogens with zero attached hydrogens (tertiary/aromatic N) is 2. The Morgan fingerprint density at radius 1 is 1.03 bits per heavy atom. The molecule has 1 amide bonds. The Balaban J connectivity index is 0.00000150. The third kappa shape index (κ3) is 5.06. The predicted octanol–water partition coefficient (Wildman–Crippen LogP) is 3.95. The minimum absolute atomic E-state index is 0. The van der Waals surface area contributed by atoms with Gasteiger partial charge in [-0.1, -0.05) is 42.5 Å². The van der Waals surface area contributed by atoms with Gasteiger partial charge in [0.2, 0.25) is 5.91 Å². The summed E-state index contributed by atoms with van der Waals surface area (Å²) in [5.41, 5.74) is 3.69. The van der Waals surface area contributed by atoms with Crippen LogP contribution in [0.25, 0.3) is 0 Å². The second-order valence-corrected chi connectivity index (χ2v) is 8.04. The highest BCUT2D eigenvalue weighted by Crippen LogP contribution is 2.42. The molecule has 2 aliphatic heterocycles. The molecule has 6 heteroatoms. The van der Waals surface area contributed by atoms with Crippen LogP contribution in [0.3, 0.4) is 0 Å². The molecule has 1 N–H and O–H groups in total. The van der Waals surface area contributed by atoms with Gasteiger partial charge in [-0.25, -0.2) is 0 Å². The van der Waals surface area contributed by atoms with Gasteiger partial charge in [-0.2, -0.15) is 0 Å². The molecule has 2 fully saturated rings. The van der Waals surface area contributed by atoms with Crippen molar-refractivity contribution in [3.05, 3.63) is 65.7 Å². The lowest BCUT2D eigenvalue weighted by Gasteiger charge is -2.28. The molecule has 158 valence electrons. The number of halogens is 2. The summed E-state index contributed by atoms with van der Waals surface area (Å²) in [5.74, 6) is 1.41. The predicted molar refractivity (Wildman–Crippen MR) is 124 cm³/mol. The SMILES string of the molecule is CN(C)c1ccc(CCC(=O)N2C[C@@H]3CNC[C@@H]3[C@H]2c2ccccc2)cc1.Cl.Cl. The summed E-state index contributed by atoms with van der Waals surface area (Å²) < 4.78 is 0. The van der Waals surface area contributed by atoms with E-state index in [4.69, 9.17) is 0 Å². The molecule has 2 aliphatic rings. The molecule has 0 radical (unpaired) electrons. The highest BCUT2D eigenvalue weighted by molar-refractivity contribution is 5.85. The fourth-order valence-corrected chi connectivity index (χ4v) is 4.61. The maximum absolute atomic E-state index is 13.1. The topological polar surface area (TPSA) is 35.6 Å². The van der Waals surface area contributed by atoms with E-state index in [0.29, 0.717) is 18.3 Å². The minimum Gasteiger partial charge on any atom is -0.378 e. The zero-order valence-electron chi connectivity index (χ0n) is 17.1. The van der Waals surface area contributed by atoms with Crippen molar-refractivity contribution in [1.82, 2.24) is 10.2 Å². The molecule has 2 heterocycles. The molecule has 2 aromatic carbocycles. The van der Waals surface area contributed by atoms with Crippen LogP contribution < -0.4 is 10.2 Å². The van der Waals surface area contributed by atoms with Crippen LogP contribution in [-0.4, -0.2) is 44.5 Å². The number of hydrogen-bond donors (Lipinski definition) is 1. The zero-order valence-corrected chi connectivity index (χ0v) is 18.7. The van der Waals surface area contributed by atoms with Crippen molar-refractivity contribution in [1.29, 1.82) is 0 Å². The van der Waals surface area contributed by atoms with Gasteiger partial charge in [-0.05, 0) is 35.6 Å². The first-order valence-corrected chi connectivity index (χ1v) is 9.95. The Kier molecular flexibility index (Phi) is 8.38. The van der Waals surface area contributed by atoms with Gasteiger partial charge in [0.15, 0.2) is 0 Å². The summed E-state index contributed by atoms with van der Waals surface area (Å²) in [5, 5.41) is 3.51. The quantitative estimate of drug-likeness (QED) is 0.771. The number of fused-ring (bicyclic) bond motifs is 1. The van der Waals surface area contributed by atoms with E-state index in [0.717, 1.165) is 26.1 Å². The lowest BCUT2D eigenvalue weighted by molar-refractivity contribution is -0.132. The summed E-state index contributed by atoms with van der Waals surface area (Å²) in [6, 6.07) is 19.3. The monoisotopic (exact) mass is 435 g/mol. The summed E-state index contributed by atoms with van der Waals surface area (Å²) in [6.45, 7) is 2.93. The normalized spacial score (nSPS) is 22.4. The maximum Gasteiger partial charge on any atom is 0.223 e. The van der Waals surface area contributed by atoms with Gasteiger partial charge in [0.1, 0.15) is 0 Å². The van der Waals surface area contributed by atoms with Crippen molar-refractivity contribution < 1.29 is 4.79 Å². The number of amides is 1. The Labute approximate surface area is 186 Å². The first kappa shape index (κ1) is 23.5. The fraction of sp³-hybridized carbons (Fsp3) is 0.435. The largest absolute Gasteiger partial charge is 0.378 e. The molecule has 4 rings (SSSR count). The number of anilines is 1. The van der Waals surface area contributed by atoms with E-state index < -0.39 is 0 Å². The standard InChI is InChI=1S/C23H29N3O.2ClH/c1-25(2)20-11-8-17(9-12-20)10-13-22(27)26-16-19-14-24-15-21(19)23(26)18-6-4-3-5-7-18;;/h3-9,11-12,19,21,23-24H,10,13-16H2,1-2H3;2*1H/t19-,21-,23+;;/m0../s1. The van der Waals surface area contributed by atoms with Crippen LogP contribution in [0, 0.1) is 11.8 Å². The summed E-state index contributed by atoms with van der Waals surface area (Å²) in [4.78, 5) is 17.4. The highest BCUT2D eigenvalue weighted by Gasteiger charge is 2.46. The van der Waals surface area contributed by atoms with E-state index in [1.807, 2.05) is 20.2 Å². The smallest absolute Gasteiger partial charge is 0.223 e. The van der Waals surface area contributed by atoms with Gasteiger partial charge >= 0.3 is 0 Å². The average molecular weight is 436 g/mol. The summed E-state index contributed by atoms with van der Waals surface area (Å²) in [6.07, 6.45) is 1.38. The molecule has 0 bridgehead atoms. The average Bonchev–Trinajstić information content (AvgIpc) is 3.28. The summed E-state index contributed by atoms with van der Waals surface area (Å²) >= 11 is 0. The number of carbonyl (C=O) groups excluding carboxylic acids is 1. The first-order valence-electron chi connectivity index (χ1n) is 9.95. The molecule has 0 aromatic heterocycles. The molecule has 0 unspecified atom stereocenters. The Morgan fingerprint density at radius 3 is 2.38 bits per heavy atom. The second-order valence-electron chi connectivity index (χ2n) is 8.04. The number of rotatable bonds is 5. The van der Waals surface area contributed by atoms with E-state index in [2.05, 4.69) is 63.6 Å². The van der Waals surface area contributed by atoms with Crippen molar-refractivity contribution in [3.8, 4) is 0 Å². The number of benzene rings is 2. The molecule has 0 saturated carbocycles. The Bertz CT molecular complexity index is 782. The third-order valence-corrected chi connectivity index (χ3v) is 6.11. The van der Waals surface area contributed by atoms with Gasteiger partial charge in [0.25, 0.3) is 0 Å². The molecule has 2 aromatic rings. The van der Waals surface area contributed by atoms with E-state index >= 15 is 0 Å². The number of nitrogens with one attached hydrogen (secondary N) is 1. The molecule has 3 atom stereocenters. The highest BCUT2D eigenvalue weighted by atomic mass is 35.5. The van der Waals surface area contributed by atoms with Crippen molar-refractivity contribution in [2.75, 3.05) is 38.6 Å². The van der Waals surface area contributed by atoms with Crippen LogP contribution in [0.2, 0.25) is 0 Å². The number of hydrogen-bond acceptors (Lipinski definition) is 3. The maximum atomic E-state index is 13.1. The molecule has 0 spiro atoms. The van der Waals surface area contributed by atoms with E-state index in [9.17, 15) is 4.79 Å².